The average Bonchev–Trinajstić information content (AvgIpc) is 3.41. The third kappa shape index (κ3) is 2.83. The lowest BCUT2D eigenvalue weighted by Crippen LogP contribution is -2.60. The first-order valence-corrected chi connectivity index (χ1v) is 10.7. The molecular weight excluding hydrogens is 364 g/mol. The summed E-state index contributed by atoms with van der Waals surface area (Å²) in [6.07, 6.45) is 2.92. The minimum atomic E-state index is 0.267. The number of likely N-dealkylation sites (tertiary alicyclic amines) is 1. The number of amides is 1. The quantitative estimate of drug-likeness (QED) is 0.808. The van der Waals surface area contributed by atoms with Crippen molar-refractivity contribution in [3.8, 4) is 11.5 Å². The Morgan fingerprint density at radius 1 is 0.966 bits per heavy atom. The van der Waals surface area contributed by atoms with Gasteiger partial charge in [0.15, 0.2) is 11.5 Å². The molecule has 29 heavy (non-hydrogen) atoms. The summed E-state index contributed by atoms with van der Waals surface area (Å²) < 4.78 is 11.1. The maximum atomic E-state index is 13.4. The first-order chi connectivity index (χ1) is 14.3. The Morgan fingerprint density at radius 3 is 2.59 bits per heavy atom. The van der Waals surface area contributed by atoms with Gasteiger partial charge < -0.3 is 14.4 Å². The molecule has 150 valence electrons. The Bertz CT molecular complexity index is 923. The number of piperidine rings is 3. The molecular formula is C24H26N2O3. The number of carbonyl (C=O) groups excluding carboxylic acids is 1. The van der Waals surface area contributed by atoms with E-state index in [1.54, 1.807) is 0 Å². The van der Waals surface area contributed by atoms with Crippen LogP contribution in [0.1, 0.15) is 29.9 Å². The van der Waals surface area contributed by atoms with Crippen LogP contribution in [-0.2, 0) is 11.2 Å². The SMILES string of the molecule is O=C(Cc1ccccc1)N1C[C@@H](c2ccc3c(c2)OCO3)[C@@H]2[C@H]1C1CCN2CC1. The molecule has 0 spiro atoms. The van der Waals surface area contributed by atoms with Crippen LogP contribution < -0.4 is 9.47 Å². The Hall–Kier alpha value is -2.53. The predicted octanol–water partition coefficient (Wildman–Crippen LogP) is 3.05. The molecule has 2 bridgehead atoms. The molecule has 5 aliphatic rings. The number of fused-ring (bicyclic) bond motifs is 3. The molecule has 5 heterocycles. The molecule has 1 amide bonds. The van der Waals surface area contributed by atoms with Crippen LogP contribution in [0.15, 0.2) is 48.5 Å². The maximum Gasteiger partial charge on any atom is 0.231 e. The molecule has 5 aliphatic heterocycles. The second-order valence-electron chi connectivity index (χ2n) is 8.78. The van der Waals surface area contributed by atoms with Crippen molar-refractivity contribution in [1.82, 2.24) is 9.80 Å². The van der Waals surface area contributed by atoms with E-state index in [9.17, 15) is 4.79 Å². The molecule has 0 aromatic heterocycles. The molecule has 2 aromatic rings. The van der Waals surface area contributed by atoms with Gasteiger partial charge in [0.05, 0.1) is 12.5 Å². The van der Waals surface area contributed by atoms with Gasteiger partial charge in [0.25, 0.3) is 0 Å². The second-order valence-corrected chi connectivity index (χ2v) is 8.78. The molecule has 0 saturated carbocycles. The zero-order valence-corrected chi connectivity index (χ0v) is 16.5. The summed E-state index contributed by atoms with van der Waals surface area (Å²) in [6, 6.07) is 17.2. The van der Waals surface area contributed by atoms with Gasteiger partial charge in [-0.25, -0.2) is 0 Å². The van der Waals surface area contributed by atoms with Crippen LogP contribution in [-0.4, -0.2) is 54.2 Å². The zero-order chi connectivity index (χ0) is 19.4. The van der Waals surface area contributed by atoms with Crippen molar-refractivity contribution in [3.63, 3.8) is 0 Å². The van der Waals surface area contributed by atoms with E-state index < -0.39 is 0 Å². The van der Waals surface area contributed by atoms with Gasteiger partial charge in [-0.1, -0.05) is 36.4 Å². The van der Waals surface area contributed by atoms with Crippen molar-refractivity contribution in [2.75, 3.05) is 26.4 Å². The van der Waals surface area contributed by atoms with E-state index in [1.807, 2.05) is 24.3 Å². The maximum absolute atomic E-state index is 13.4. The minimum Gasteiger partial charge on any atom is -0.454 e. The van der Waals surface area contributed by atoms with Crippen LogP contribution in [0.2, 0.25) is 0 Å². The van der Waals surface area contributed by atoms with E-state index in [-0.39, 0.29) is 5.91 Å². The Balaban J connectivity index is 1.32. The fraction of sp³-hybridized carbons (Fsp3) is 0.458. The molecule has 0 aliphatic carbocycles. The number of nitrogens with zero attached hydrogens (tertiary/aromatic N) is 2. The van der Waals surface area contributed by atoms with Gasteiger partial charge >= 0.3 is 0 Å². The van der Waals surface area contributed by atoms with Gasteiger partial charge in [-0.05, 0) is 55.1 Å². The summed E-state index contributed by atoms with van der Waals surface area (Å²) in [5.74, 6) is 2.89. The standard InChI is InChI=1S/C24H26N2O3/c27-22(12-16-4-2-1-3-5-16)26-14-19(18-6-7-20-21(13-18)29-15-28-20)24-23(26)17-8-10-25(24)11-9-17/h1-7,13,17,19,23-24H,8-12,14-15H2/t19-,23+,24+/m0/s1. The first kappa shape index (κ1) is 17.3. The highest BCUT2D eigenvalue weighted by Gasteiger charge is 2.54. The van der Waals surface area contributed by atoms with Crippen LogP contribution in [0.5, 0.6) is 11.5 Å². The Morgan fingerprint density at radius 2 is 1.76 bits per heavy atom. The highest BCUT2D eigenvalue weighted by Crippen LogP contribution is 2.48. The fourth-order valence-electron chi connectivity index (χ4n) is 6.01. The van der Waals surface area contributed by atoms with Gasteiger partial charge in [0, 0.05) is 18.5 Å². The lowest BCUT2D eigenvalue weighted by atomic mass is 9.75. The van der Waals surface area contributed by atoms with Crippen LogP contribution in [0.4, 0.5) is 0 Å². The van der Waals surface area contributed by atoms with Gasteiger partial charge in [-0.2, -0.15) is 0 Å². The molecule has 3 atom stereocenters. The Kier molecular flexibility index (Phi) is 4.05. The molecule has 0 radical (unpaired) electrons. The number of ether oxygens (including phenoxy) is 2. The van der Waals surface area contributed by atoms with Crippen LogP contribution in [0.3, 0.4) is 0 Å². The largest absolute Gasteiger partial charge is 0.454 e. The zero-order valence-electron chi connectivity index (χ0n) is 16.5. The van der Waals surface area contributed by atoms with Crippen LogP contribution in [0, 0.1) is 5.92 Å². The lowest BCUT2D eigenvalue weighted by molar-refractivity contribution is -0.135. The molecule has 4 fully saturated rings. The van der Waals surface area contributed by atoms with Crippen LogP contribution >= 0.6 is 0 Å². The number of benzene rings is 2. The lowest BCUT2D eigenvalue weighted by Gasteiger charge is -2.51. The third-order valence-corrected chi connectivity index (χ3v) is 7.34. The first-order valence-electron chi connectivity index (χ1n) is 10.7. The van der Waals surface area contributed by atoms with Crippen molar-refractivity contribution in [2.24, 2.45) is 5.92 Å². The molecule has 5 heteroatoms. The van der Waals surface area contributed by atoms with Gasteiger partial charge in [-0.3, -0.25) is 9.69 Å². The summed E-state index contributed by atoms with van der Waals surface area (Å²) >= 11 is 0. The van der Waals surface area contributed by atoms with E-state index in [0.29, 0.717) is 37.1 Å². The number of hydrogen-bond donors (Lipinski definition) is 0. The summed E-state index contributed by atoms with van der Waals surface area (Å²) in [5.41, 5.74) is 2.37. The molecule has 7 rings (SSSR count). The molecule has 2 aromatic carbocycles. The van der Waals surface area contributed by atoms with Crippen molar-refractivity contribution in [3.05, 3.63) is 59.7 Å². The summed E-state index contributed by atoms with van der Waals surface area (Å²) in [5, 5.41) is 0. The monoisotopic (exact) mass is 390 g/mol. The smallest absolute Gasteiger partial charge is 0.231 e. The molecule has 0 N–H and O–H groups in total. The van der Waals surface area contributed by atoms with Crippen molar-refractivity contribution in [1.29, 1.82) is 0 Å². The van der Waals surface area contributed by atoms with E-state index in [1.165, 1.54) is 18.4 Å². The van der Waals surface area contributed by atoms with Gasteiger partial charge in [0.2, 0.25) is 12.7 Å². The van der Waals surface area contributed by atoms with E-state index >= 15 is 0 Å². The number of hydrogen-bond acceptors (Lipinski definition) is 4. The second kappa shape index (κ2) is 6.77. The normalized spacial score (nSPS) is 31.7. The summed E-state index contributed by atoms with van der Waals surface area (Å²) in [6.45, 7) is 3.42. The third-order valence-electron chi connectivity index (χ3n) is 7.34. The average molecular weight is 390 g/mol. The van der Waals surface area contributed by atoms with Crippen LogP contribution in [0.25, 0.3) is 0 Å². The van der Waals surface area contributed by atoms with E-state index in [2.05, 4.69) is 34.1 Å². The summed E-state index contributed by atoms with van der Waals surface area (Å²) in [7, 11) is 0. The van der Waals surface area contributed by atoms with Crippen molar-refractivity contribution >= 4 is 5.91 Å². The molecule has 0 unspecified atom stereocenters. The molecule has 4 saturated heterocycles. The molecule has 5 nitrogen and oxygen atoms in total. The van der Waals surface area contributed by atoms with E-state index in [4.69, 9.17) is 9.47 Å². The highest BCUT2D eigenvalue weighted by atomic mass is 16.7. The summed E-state index contributed by atoms with van der Waals surface area (Å²) in [4.78, 5) is 18.2. The number of carbonyl (C=O) groups is 1. The van der Waals surface area contributed by atoms with E-state index in [0.717, 1.165) is 36.7 Å². The highest BCUT2D eigenvalue weighted by molar-refractivity contribution is 5.80. The van der Waals surface area contributed by atoms with Crippen molar-refractivity contribution < 1.29 is 14.3 Å². The van der Waals surface area contributed by atoms with Gasteiger partial charge in [0.1, 0.15) is 0 Å². The van der Waals surface area contributed by atoms with Gasteiger partial charge in [-0.15, -0.1) is 0 Å². The minimum absolute atomic E-state index is 0.267. The Labute approximate surface area is 171 Å². The topological polar surface area (TPSA) is 42.0 Å². The van der Waals surface area contributed by atoms with Crippen molar-refractivity contribution in [2.45, 2.75) is 37.3 Å². The predicted molar refractivity (Wildman–Crippen MR) is 109 cm³/mol. The number of rotatable bonds is 3. The fourth-order valence-corrected chi connectivity index (χ4v) is 6.01.